The molecule has 0 fully saturated rings. The molecule has 2 aromatic carbocycles. The minimum Gasteiger partial charge on any atom is -0.462 e. The van der Waals surface area contributed by atoms with Crippen LogP contribution in [0.5, 0.6) is 0 Å². The molecule has 3 heterocycles. The van der Waals surface area contributed by atoms with Gasteiger partial charge in [-0.25, -0.2) is 19.7 Å². The maximum atomic E-state index is 12.8. The lowest BCUT2D eigenvalue weighted by Crippen LogP contribution is -2.29. The molecule has 1 aliphatic heterocycles. The number of carbonyl (C=O) groups is 3. The quantitative estimate of drug-likeness (QED) is 0.255. The van der Waals surface area contributed by atoms with Gasteiger partial charge in [0.25, 0.3) is 11.8 Å². The lowest BCUT2D eigenvalue weighted by molar-refractivity contribution is 0.0495. The number of hydrogen-bond acceptors (Lipinski definition) is 8. The molecule has 0 radical (unpaired) electrons. The molecular formula is C24H20N6O4. The first-order valence-corrected chi connectivity index (χ1v) is 10.7. The number of ether oxygens (including phenoxy) is 1. The molecule has 4 aromatic rings. The summed E-state index contributed by atoms with van der Waals surface area (Å²) in [6, 6.07) is 13.7. The average Bonchev–Trinajstić information content (AvgIpc) is 3.38. The molecule has 2 aromatic heterocycles. The summed E-state index contributed by atoms with van der Waals surface area (Å²) >= 11 is 0. The second-order valence-electron chi connectivity index (χ2n) is 7.80. The number of nitrogen functional groups attached to an aromatic ring is 1. The van der Waals surface area contributed by atoms with Gasteiger partial charge in [-0.3, -0.25) is 14.5 Å². The maximum Gasteiger partial charge on any atom is 0.338 e. The van der Waals surface area contributed by atoms with Crippen molar-refractivity contribution in [1.29, 1.82) is 0 Å². The molecule has 0 unspecified atom stereocenters. The summed E-state index contributed by atoms with van der Waals surface area (Å²) < 4.78 is 7.17. The van der Waals surface area contributed by atoms with Crippen LogP contribution in [0, 0.1) is 0 Å². The average molecular weight is 456 g/mol. The predicted molar refractivity (Wildman–Crippen MR) is 122 cm³/mol. The van der Waals surface area contributed by atoms with E-state index in [9.17, 15) is 14.4 Å². The van der Waals surface area contributed by atoms with E-state index in [1.165, 1.54) is 29.4 Å². The summed E-state index contributed by atoms with van der Waals surface area (Å²) in [6.45, 7) is 0.849. The van der Waals surface area contributed by atoms with Gasteiger partial charge in [0.2, 0.25) is 0 Å². The molecule has 10 nitrogen and oxygen atoms in total. The number of hydrogen-bond donors (Lipinski definition) is 1. The number of nitrogens with zero attached hydrogens (tertiary/aromatic N) is 5. The van der Waals surface area contributed by atoms with Gasteiger partial charge in [-0.05, 0) is 30.2 Å². The first kappa shape index (κ1) is 21.3. The largest absolute Gasteiger partial charge is 0.462 e. The van der Waals surface area contributed by atoms with Crippen LogP contribution in [0.1, 0.15) is 43.1 Å². The minimum atomic E-state index is -0.563. The van der Waals surface area contributed by atoms with Gasteiger partial charge in [-0.15, -0.1) is 0 Å². The van der Waals surface area contributed by atoms with Gasteiger partial charge in [0.05, 0.1) is 36.2 Å². The van der Waals surface area contributed by atoms with Crippen LogP contribution in [-0.2, 0) is 17.8 Å². The van der Waals surface area contributed by atoms with Crippen molar-refractivity contribution in [3.8, 4) is 0 Å². The molecule has 1 aliphatic rings. The number of aryl methyl sites for hydroxylation is 1. The molecular weight excluding hydrogens is 436 g/mol. The molecule has 0 bridgehead atoms. The Morgan fingerprint density at radius 1 is 0.971 bits per heavy atom. The van der Waals surface area contributed by atoms with Crippen LogP contribution in [0.3, 0.4) is 0 Å². The Bertz CT molecular complexity index is 1420. The number of esters is 1. The van der Waals surface area contributed by atoms with E-state index in [0.29, 0.717) is 29.9 Å². The SMILES string of the molecule is Nc1ncnc2c1ncn2CCCOC(=O)c1ccc2c(c1)C(=O)N(Cc1ccccc1)C2=O. The zero-order chi connectivity index (χ0) is 23.7. The number of nitrogens with two attached hydrogens (primary N) is 1. The van der Waals surface area contributed by atoms with Crippen LogP contribution < -0.4 is 5.73 Å². The van der Waals surface area contributed by atoms with Gasteiger partial charge in [0.1, 0.15) is 11.8 Å². The van der Waals surface area contributed by atoms with Crippen LogP contribution >= 0.6 is 0 Å². The Hall–Kier alpha value is -4.60. The van der Waals surface area contributed by atoms with Crippen LogP contribution in [0.2, 0.25) is 0 Å². The van der Waals surface area contributed by atoms with E-state index in [2.05, 4.69) is 15.0 Å². The normalized spacial score (nSPS) is 12.9. The van der Waals surface area contributed by atoms with E-state index >= 15 is 0 Å². The Kier molecular flexibility index (Phi) is 5.46. The van der Waals surface area contributed by atoms with Crippen molar-refractivity contribution in [3.63, 3.8) is 0 Å². The molecule has 0 spiro atoms. The molecule has 170 valence electrons. The summed E-state index contributed by atoms with van der Waals surface area (Å²) in [5, 5.41) is 0. The summed E-state index contributed by atoms with van der Waals surface area (Å²) in [5.74, 6) is -1.05. The fourth-order valence-corrected chi connectivity index (χ4v) is 3.87. The third-order valence-corrected chi connectivity index (χ3v) is 5.60. The van der Waals surface area contributed by atoms with Crippen molar-refractivity contribution < 1.29 is 19.1 Å². The summed E-state index contributed by atoms with van der Waals surface area (Å²) in [7, 11) is 0. The third kappa shape index (κ3) is 3.85. The topological polar surface area (TPSA) is 133 Å². The summed E-state index contributed by atoms with van der Waals surface area (Å²) in [4.78, 5) is 51.5. The molecule has 2 amide bonds. The lowest BCUT2D eigenvalue weighted by atomic mass is 10.1. The first-order valence-electron chi connectivity index (χ1n) is 10.7. The molecule has 10 heteroatoms. The number of fused-ring (bicyclic) bond motifs is 2. The van der Waals surface area contributed by atoms with Gasteiger partial charge in [-0.1, -0.05) is 30.3 Å². The van der Waals surface area contributed by atoms with E-state index in [1.54, 1.807) is 6.33 Å². The van der Waals surface area contributed by atoms with Gasteiger partial charge in [-0.2, -0.15) is 0 Å². The number of rotatable bonds is 7. The zero-order valence-corrected chi connectivity index (χ0v) is 18.0. The highest BCUT2D eigenvalue weighted by atomic mass is 16.5. The standard InChI is InChI=1S/C24H20N6O4/c25-20-19-21(27-13-26-20)29(14-28-19)9-4-10-34-24(33)16-7-8-17-18(11-16)23(32)30(22(17)31)12-15-5-2-1-3-6-15/h1-3,5-8,11,13-14H,4,9-10,12H2,(H2,25,26,27). The monoisotopic (exact) mass is 456 g/mol. The van der Waals surface area contributed by atoms with E-state index < -0.39 is 11.9 Å². The van der Waals surface area contributed by atoms with Crippen molar-refractivity contribution in [2.75, 3.05) is 12.3 Å². The van der Waals surface area contributed by atoms with E-state index in [-0.39, 0.29) is 35.7 Å². The minimum absolute atomic E-state index is 0.156. The molecule has 0 saturated carbocycles. The van der Waals surface area contributed by atoms with E-state index in [4.69, 9.17) is 10.5 Å². The van der Waals surface area contributed by atoms with Crippen LogP contribution in [0.25, 0.3) is 11.2 Å². The Morgan fingerprint density at radius 2 is 1.76 bits per heavy atom. The summed E-state index contributed by atoms with van der Waals surface area (Å²) in [6.07, 6.45) is 3.51. The Balaban J connectivity index is 1.21. The van der Waals surface area contributed by atoms with Gasteiger partial charge in [0, 0.05) is 6.54 Å². The molecule has 2 N–H and O–H groups in total. The van der Waals surface area contributed by atoms with Gasteiger partial charge in [0.15, 0.2) is 11.5 Å². The fourth-order valence-electron chi connectivity index (χ4n) is 3.87. The van der Waals surface area contributed by atoms with Crippen LogP contribution in [0.4, 0.5) is 5.82 Å². The smallest absolute Gasteiger partial charge is 0.338 e. The van der Waals surface area contributed by atoms with Crippen molar-refractivity contribution >= 4 is 34.8 Å². The van der Waals surface area contributed by atoms with Gasteiger partial charge < -0.3 is 15.0 Å². The zero-order valence-electron chi connectivity index (χ0n) is 18.0. The first-order chi connectivity index (χ1) is 16.5. The van der Waals surface area contributed by atoms with Gasteiger partial charge >= 0.3 is 5.97 Å². The third-order valence-electron chi connectivity index (χ3n) is 5.60. The highest BCUT2D eigenvalue weighted by Crippen LogP contribution is 2.26. The number of aromatic nitrogens is 4. The molecule has 5 rings (SSSR count). The summed E-state index contributed by atoms with van der Waals surface area (Å²) in [5.41, 5.74) is 8.48. The molecule has 0 atom stereocenters. The number of benzene rings is 2. The Labute approximate surface area is 194 Å². The lowest BCUT2D eigenvalue weighted by Gasteiger charge is -2.13. The maximum absolute atomic E-state index is 12.8. The number of imidazole rings is 1. The highest BCUT2D eigenvalue weighted by molar-refractivity contribution is 6.21. The highest BCUT2D eigenvalue weighted by Gasteiger charge is 2.36. The van der Waals surface area contributed by atoms with Crippen LogP contribution in [-0.4, -0.2) is 48.8 Å². The van der Waals surface area contributed by atoms with Crippen LogP contribution in [0.15, 0.2) is 61.2 Å². The van der Waals surface area contributed by atoms with E-state index in [1.807, 2.05) is 34.9 Å². The predicted octanol–water partition coefficient (Wildman–Crippen LogP) is 2.45. The van der Waals surface area contributed by atoms with E-state index in [0.717, 1.165) is 5.56 Å². The fraction of sp³-hybridized carbons (Fsp3) is 0.167. The van der Waals surface area contributed by atoms with Crippen molar-refractivity contribution in [3.05, 3.63) is 83.4 Å². The Morgan fingerprint density at radius 3 is 2.59 bits per heavy atom. The van der Waals surface area contributed by atoms with Crippen molar-refractivity contribution in [1.82, 2.24) is 24.4 Å². The van der Waals surface area contributed by atoms with Crippen molar-refractivity contribution in [2.24, 2.45) is 0 Å². The molecule has 0 aliphatic carbocycles. The molecule has 0 saturated heterocycles. The molecule has 34 heavy (non-hydrogen) atoms. The number of imide groups is 1. The number of anilines is 1. The van der Waals surface area contributed by atoms with Crippen molar-refractivity contribution in [2.45, 2.75) is 19.5 Å². The second kappa shape index (κ2) is 8.74. The second-order valence-corrected chi connectivity index (χ2v) is 7.80. The number of carbonyl (C=O) groups excluding carboxylic acids is 3. The number of amides is 2.